The number of nitrogens with zero attached hydrogens (tertiary/aromatic N) is 1. The lowest BCUT2D eigenvalue weighted by Crippen LogP contribution is -2.58. The maximum absolute atomic E-state index is 13.2. The number of carbonyl (C=O) groups excluding carboxylic acids is 3. The maximum Gasteiger partial charge on any atom is 0.326 e. The van der Waals surface area contributed by atoms with Crippen molar-refractivity contribution in [2.24, 2.45) is 33.8 Å². The van der Waals surface area contributed by atoms with Crippen LogP contribution in [0, 0.1) is 5.92 Å². The van der Waals surface area contributed by atoms with Gasteiger partial charge in [-0.3, -0.25) is 19.4 Å². The van der Waals surface area contributed by atoms with Gasteiger partial charge in [0.15, 0.2) is 5.96 Å². The van der Waals surface area contributed by atoms with Gasteiger partial charge in [0.1, 0.15) is 18.1 Å². The van der Waals surface area contributed by atoms with Gasteiger partial charge < -0.3 is 44.0 Å². The number of nitrogens with two attached hydrogens (primary N) is 4. The summed E-state index contributed by atoms with van der Waals surface area (Å²) < 4.78 is 0. The second-order valence-corrected chi connectivity index (χ2v) is 9.72. The Labute approximate surface area is 229 Å². The predicted molar refractivity (Wildman–Crippen MR) is 149 cm³/mol. The van der Waals surface area contributed by atoms with Crippen LogP contribution in [0.25, 0.3) is 0 Å². The molecule has 13 nitrogen and oxygen atoms in total. The summed E-state index contributed by atoms with van der Waals surface area (Å²) in [5, 5.41) is 17.4. The molecule has 218 valence electrons. The lowest BCUT2D eigenvalue weighted by molar-refractivity contribution is -0.142. The number of hydrogen-bond acceptors (Lipinski definition) is 7. The number of unbranched alkanes of at least 4 members (excludes halogenated alkanes) is 1. The molecule has 4 unspecified atom stereocenters. The third-order valence-corrected chi connectivity index (χ3v) is 6.02. The van der Waals surface area contributed by atoms with Crippen molar-refractivity contribution in [1.29, 1.82) is 0 Å². The highest BCUT2D eigenvalue weighted by molar-refractivity contribution is 5.94. The number of guanidine groups is 1. The first kappa shape index (κ1) is 33.3. The van der Waals surface area contributed by atoms with Crippen molar-refractivity contribution >= 4 is 29.7 Å². The van der Waals surface area contributed by atoms with Crippen LogP contribution in [0.3, 0.4) is 0 Å². The molecule has 13 heteroatoms. The SMILES string of the molecule is CC(C)C(NC(=O)C(CCCCN)NC(=O)C(N)Cc1ccccc1)C(=O)NC(CCCN=C(N)N)C(=O)O. The number of benzene rings is 1. The van der Waals surface area contributed by atoms with Crippen LogP contribution in [0.5, 0.6) is 0 Å². The first-order chi connectivity index (χ1) is 18.5. The van der Waals surface area contributed by atoms with E-state index in [0.29, 0.717) is 38.6 Å². The second-order valence-electron chi connectivity index (χ2n) is 9.72. The maximum atomic E-state index is 13.2. The van der Waals surface area contributed by atoms with Crippen molar-refractivity contribution in [2.45, 2.75) is 76.5 Å². The van der Waals surface area contributed by atoms with E-state index in [0.717, 1.165) is 5.56 Å². The first-order valence-electron chi connectivity index (χ1n) is 13.1. The number of hydrogen-bond donors (Lipinski definition) is 8. The van der Waals surface area contributed by atoms with Crippen molar-refractivity contribution in [3.63, 3.8) is 0 Å². The molecule has 0 saturated heterocycles. The molecular weight excluding hydrogens is 504 g/mol. The monoisotopic (exact) mass is 548 g/mol. The van der Waals surface area contributed by atoms with E-state index in [9.17, 15) is 24.3 Å². The van der Waals surface area contributed by atoms with Gasteiger partial charge in [-0.1, -0.05) is 44.2 Å². The summed E-state index contributed by atoms with van der Waals surface area (Å²) in [5.74, 6) is -3.42. The molecule has 1 rings (SSSR count). The predicted octanol–water partition coefficient (Wildman–Crippen LogP) is -1.07. The van der Waals surface area contributed by atoms with E-state index in [4.69, 9.17) is 22.9 Å². The van der Waals surface area contributed by atoms with Crippen LogP contribution in [-0.4, -0.2) is 72.0 Å². The van der Waals surface area contributed by atoms with E-state index in [1.165, 1.54) is 0 Å². The van der Waals surface area contributed by atoms with Gasteiger partial charge in [-0.15, -0.1) is 0 Å². The molecule has 0 radical (unpaired) electrons. The zero-order valence-electron chi connectivity index (χ0n) is 22.8. The van der Waals surface area contributed by atoms with Gasteiger partial charge in [0.05, 0.1) is 6.04 Å². The zero-order valence-corrected chi connectivity index (χ0v) is 22.8. The van der Waals surface area contributed by atoms with Gasteiger partial charge in [0, 0.05) is 6.54 Å². The number of aliphatic carboxylic acids is 1. The van der Waals surface area contributed by atoms with E-state index >= 15 is 0 Å². The standard InChI is InChI=1S/C26H44N8O5/c1-16(2)21(24(37)33-20(25(38)39)12-8-14-31-26(29)30)34-23(36)19(11-6-7-13-27)32-22(35)18(28)15-17-9-4-3-5-10-17/h3-5,9-10,16,18-21H,6-8,11-15,27-28H2,1-2H3,(H,32,35)(H,33,37)(H,34,36)(H,38,39)(H4,29,30,31). The molecule has 3 amide bonds. The summed E-state index contributed by atoms with van der Waals surface area (Å²) in [6, 6.07) is 5.21. The van der Waals surface area contributed by atoms with Crippen molar-refractivity contribution in [2.75, 3.05) is 13.1 Å². The lowest BCUT2D eigenvalue weighted by Gasteiger charge is -2.27. The molecule has 0 fully saturated rings. The fraction of sp³-hybridized carbons (Fsp3) is 0.577. The Balaban J connectivity index is 2.90. The molecule has 12 N–H and O–H groups in total. The minimum absolute atomic E-state index is 0.0910. The van der Waals surface area contributed by atoms with E-state index in [1.807, 2.05) is 30.3 Å². The Bertz CT molecular complexity index is 953. The summed E-state index contributed by atoms with van der Waals surface area (Å²) in [5.41, 5.74) is 23.1. The van der Waals surface area contributed by atoms with Crippen molar-refractivity contribution in [3.05, 3.63) is 35.9 Å². The Morgan fingerprint density at radius 1 is 0.872 bits per heavy atom. The zero-order chi connectivity index (χ0) is 29.4. The average Bonchev–Trinajstić information content (AvgIpc) is 2.88. The number of aliphatic imine (C=N–C) groups is 1. The van der Waals surface area contributed by atoms with Gasteiger partial charge in [-0.25, -0.2) is 4.79 Å². The van der Waals surface area contributed by atoms with Crippen molar-refractivity contribution < 1.29 is 24.3 Å². The van der Waals surface area contributed by atoms with Gasteiger partial charge >= 0.3 is 5.97 Å². The number of nitrogens with one attached hydrogen (secondary N) is 3. The first-order valence-corrected chi connectivity index (χ1v) is 13.1. The van der Waals surface area contributed by atoms with Crippen molar-refractivity contribution in [1.82, 2.24) is 16.0 Å². The van der Waals surface area contributed by atoms with Crippen LogP contribution in [0.15, 0.2) is 35.3 Å². The molecule has 0 aromatic heterocycles. The third kappa shape index (κ3) is 13.1. The number of amides is 3. The number of rotatable bonds is 18. The highest BCUT2D eigenvalue weighted by Gasteiger charge is 2.31. The fourth-order valence-corrected chi connectivity index (χ4v) is 3.81. The third-order valence-electron chi connectivity index (χ3n) is 6.02. The second kappa shape index (κ2) is 17.7. The molecule has 4 atom stereocenters. The summed E-state index contributed by atoms with van der Waals surface area (Å²) in [6.07, 6.45) is 2.21. The number of carbonyl (C=O) groups is 4. The Hall–Kier alpha value is -3.71. The molecule has 0 aliphatic rings. The highest BCUT2D eigenvalue weighted by Crippen LogP contribution is 2.09. The smallest absolute Gasteiger partial charge is 0.326 e. The van der Waals surface area contributed by atoms with Crippen LogP contribution in [0.2, 0.25) is 0 Å². The van der Waals surface area contributed by atoms with E-state index in [2.05, 4.69) is 20.9 Å². The normalized spacial score (nSPS) is 14.0. The van der Waals surface area contributed by atoms with Crippen LogP contribution in [0.1, 0.15) is 51.5 Å². The molecular formula is C26H44N8O5. The van der Waals surface area contributed by atoms with Gasteiger partial charge in [0.25, 0.3) is 0 Å². The number of carboxylic acids is 1. The molecule has 0 aliphatic heterocycles. The summed E-state index contributed by atoms with van der Waals surface area (Å²) in [7, 11) is 0. The van der Waals surface area contributed by atoms with Gasteiger partial charge in [-0.05, 0) is 56.6 Å². The number of carboxylic acid groups (broad SMARTS) is 1. The minimum atomic E-state index is -1.22. The average molecular weight is 549 g/mol. The van der Waals surface area contributed by atoms with Gasteiger partial charge in [0.2, 0.25) is 17.7 Å². The molecule has 0 spiro atoms. The lowest BCUT2D eigenvalue weighted by atomic mass is 10.0. The summed E-state index contributed by atoms with van der Waals surface area (Å²) in [6.45, 7) is 4.07. The van der Waals surface area contributed by atoms with E-state index in [1.54, 1.807) is 13.8 Å². The quantitative estimate of drug-likeness (QED) is 0.0632. The molecule has 0 saturated carbocycles. The van der Waals surface area contributed by atoms with Crippen LogP contribution >= 0.6 is 0 Å². The fourth-order valence-electron chi connectivity index (χ4n) is 3.81. The van der Waals surface area contributed by atoms with Crippen LogP contribution < -0.4 is 38.9 Å². The molecule has 1 aromatic carbocycles. The summed E-state index contributed by atoms with van der Waals surface area (Å²) >= 11 is 0. The molecule has 0 heterocycles. The molecule has 0 bridgehead atoms. The summed E-state index contributed by atoms with van der Waals surface area (Å²) in [4.78, 5) is 54.6. The van der Waals surface area contributed by atoms with Crippen LogP contribution in [-0.2, 0) is 25.6 Å². The highest BCUT2D eigenvalue weighted by atomic mass is 16.4. The minimum Gasteiger partial charge on any atom is -0.480 e. The van der Waals surface area contributed by atoms with E-state index in [-0.39, 0.29) is 24.8 Å². The molecule has 1 aromatic rings. The van der Waals surface area contributed by atoms with Crippen molar-refractivity contribution in [3.8, 4) is 0 Å². The molecule has 0 aliphatic carbocycles. The van der Waals surface area contributed by atoms with E-state index < -0.39 is 47.9 Å². The Morgan fingerprint density at radius 2 is 1.49 bits per heavy atom. The molecule has 39 heavy (non-hydrogen) atoms. The largest absolute Gasteiger partial charge is 0.480 e. The topological polar surface area (TPSA) is 241 Å². The Morgan fingerprint density at radius 3 is 2.05 bits per heavy atom. The Kier molecular flexibility index (Phi) is 15.2. The van der Waals surface area contributed by atoms with Crippen LogP contribution in [0.4, 0.5) is 0 Å². The van der Waals surface area contributed by atoms with Gasteiger partial charge in [-0.2, -0.15) is 0 Å².